The molecule has 0 heterocycles. The molecule has 2 aliphatic rings. The molecule has 3 nitrogen and oxygen atoms in total. The normalized spacial score (nSPS) is 21.9. The standard InChI is InChI=1S/C15H20O3S/c16-19(17,14-7-4-8-14)15(9-10-15)12-18-11-13-5-2-1-3-6-13/h1-3,5-6,14H,4,7-12H2. The van der Waals surface area contributed by atoms with Gasteiger partial charge >= 0.3 is 0 Å². The Kier molecular flexibility index (Phi) is 3.39. The minimum absolute atomic E-state index is 0.0877. The second-order valence-electron chi connectivity index (χ2n) is 5.76. The highest BCUT2D eigenvalue weighted by Gasteiger charge is 2.57. The van der Waals surface area contributed by atoms with E-state index in [9.17, 15) is 8.42 Å². The van der Waals surface area contributed by atoms with Crippen LogP contribution in [0.25, 0.3) is 0 Å². The van der Waals surface area contributed by atoms with Gasteiger partial charge in [-0.05, 0) is 31.2 Å². The van der Waals surface area contributed by atoms with Crippen LogP contribution in [0.3, 0.4) is 0 Å². The van der Waals surface area contributed by atoms with Gasteiger partial charge in [0, 0.05) is 0 Å². The van der Waals surface area contributed by atoms with Crippen molar-refractivity contribution in [3.05, 3.63) is 35.9 Å². The zero-order valence-electron chi connectivity index (χ0n) is 11.0. The van der Waals surface area contributed by atoms with Crippen LogP contribution in [-0.2, 0) is 21.2 Å². The van der Waals surface area contributed by atoms with Gasteiger partial charge in [0.1, 0.15) is 0 Å². The van der Waals surface area contributed by atoms with E-state index < -0.39 is 14.6 Å². The summed E-state index contributed by atoms with van der Waals surface area (Å²) in [4.78, 5) is 0. The molecule has 2 saturated carbocycles. The molecule has 0 N–H and O–H groups in total. The fourth-order valence-electron chi connectivity index (χ4n) is 2.61. The summed E-state index contributed by atoms with van der Waals surface area (Å²) in [5.41, 5.74) is 1.10. The Hall–Kier alpha value is -0.870. The first-order chi connectivity index (χ1) is 9.14. The van der Waals surface area contributed by atoms with Gasteiger partial charge in [0.25, 0.3) is 0 Å². The molecule has 1 aromatic carbocycles. The minimum Gasteiger partial charge on any atom is -0.375 e. The summed E-state index contributed by atoms with van der Waals surface area (Å²) in [7, 11) is -2.97. The highest BCUT2D eigenvalue weighted by atomic mass is 32.2. The Morgan fingerprint density at radius 2 is 1.84 bits per heavy atom. The Balaban J connectivity index is 1.57. The van der Waals surface area contributed by atoms with Gasteiger partial charge in [-0.15, -0.1) is 0 Å². The van der Waals surface area contributed by atoms with Crippen LogP contribution in [0.4, 0.5) is 0 Å². The maximum atomic E-state index is 12.5. The molecular formula is C15H20O3S. The molecular weight excluding hydrogens is 260 g/mol. The lowest BCUT2D eigenvalue weighted by Gasteiger charge is -2.30. The van der Waals surface area contributed by atoms with Gasteiger partial charge in [-0.25, -0.2) is 8.42 Å². The molecule has 0 bridgehead atoms. The van der Waals surface area contributed by atoms with Crippen molar-refractivity contribution in [2.75, 3.05) is 6.61 Å². The monoisotopic (exact) mass is 280 g/mol. The van der Waals surface area contributed by atoms with Gasteiger partial charge in [0.05, 0.1) is 23.2 Å². The molecule has 3 rings (SSSR count). The average Bonchev–Trinajstić information content (AvgIpc) is 3.09. The van der Waals surface area contributed by atoms with E-state index in [0.29, 0.717) is 13.2 Å². The van der Waals surface area contributed by atoms with E-state index in [1.165, 1.54) is 0 Å². The number of hydrogen-bond donors (Lipinski definition) is 0. The van der Waals surface area contributed by atoms with Gasteiger partial charge < -0.3 is 4.74 Å². The van der Waals surface area contributed by atoms with E-state index in [1.54, 1.807) is 0 Å². The van der Waals surface area contributed by atoms with Gasteiger partial charge in [-0.1, -0.05) is 36.8 Å². The number of benzene rings is 1. The lowest BCUT2D eigenvalue weighted by Crippen LogP contribution is -2.40. The van der Waals surface area contributed by atoms with Gasteiger partial charge in [-0.3, -0.25) is 0 Å². The number of sulfone groups is 1. The second-order valence-corrected chi connectivity index (χ2v) is 8.38. The van der Waals surface area contributed by atoms with Crippen LogP contribution in [0, 0.1) is 0 Å². The zero-order chi connectivity index (χ0) is 13.3. The predicted octanol–water partition coefficient (Wildman–Crippen LogP) is 2.70. The fourth-order valence-corrected chi connectivity index (χ4v) is 5.19. The first kappa shape index (κ1) is 13.1. The van der Waals surface area contributed by atoms with Crippen molar-refractivity contribution in [1.29, 1.82) is 0 Å². The summed E-state index contributed by atoms with van der Waals surface area (Å²) in [5, 5.41) is -0.0877. The maximum absolute atomic E-state index is 12.5. The van der Waals surface area contributed by atoms with Crippen molar-refractivity contribution in [2.45, 2.75) is 48.7 Å². The van der Waals surface area contributed by atoms with Crippen molar-refractivity contribution in [1.82, 2.24) is 0 Å². The van der Waals surface area contributed by atoms with Crippen LogP contribution < -0.4 is 0 Å². The molecule has 104 valence electrons. The lowest BCUT2D eigenvalue weighted by atomic mass is 10.00. The van der Waals surface area contributed by atoms with Crippen LogP contribution >= 0.6 is 0 Å². The summed E-state index contributed by atoms with van der Waals surface area (Å²) in [6.07, 6.45) is 4.32. The summed E-state index contributed by atoms with van der Waals surface area (Å²) >= 11 is 0. The quantitative estimate of drug-likeness (QED) is 0.804. The molecule has 0 atom stereocenters. The van der Waals surface area contributed by atoms with E-state index in [1.807, 2.05) is 30.3 Å². The van der Waals surface area contributed by atoms with Crippen LogP contribution in [-0.4, -0.2) is 25.0 Å². The van der Waals surface area contributed by atoms with Crippen LogP contribution in [0.5, 0.6) is 0 Å². The molecule has 0 aromatic heterocycles. The van der Waals surface area contributed by atoms with E-state index >= 15 is 0 Å². The average molecular weight is 280 g/mol. The van der Waals surface area contributed by atoms with E-state index in [2.05, 4.69) is 0 Å². The summed E-state index contributed by atoms with van der Waals surface area (Å²) in [6, 6.07) is 9.90. The predicted molar refractivity (Wildman–Crippen MR) is 74.6 cm³/mol. The van der Waals surface area contributed by atoms with Crippen molar-refractivity contribution in [3.63, 3.8) is 0 Å². The summed E-state index contributed by atoms with van der Waals surface area (Å²) in [6.45, 7) is 0.865. The molecule has 19 heavy (non-hydrogen) atoms. The van der Waals surface area contributed by atoms with E-state index in [0.717, 1.165) is 37.7 Å². The molecule has 4 heteroatoms. The first-order valence-electron chi connectivity index (χ1n) is 6.99. The molecule has 2 fully saturated rings. The summed E-state index contributed by atoms with van der Waals surface area (Å²) < 4.78 is 30.0. The molecule has 0 aliphatic heterocycles. The summed E-state index contributed by atoms with van der Waals surface area (Å²) in [5.74, 6) is 0. The highest BCUT2D eigenvalue weighted by Crippen LogP contribution is 2.49. The Morgan fingerprint density at radius 3 is 2.37 bits per heavy atom. The second kappa shape index (κ2) is 4.91. The fraction of sp³-hybridized carbons (Fsp3) is 0.600. The highest BCUT2D eigenvalue weighted by molar-refractivity contribution is 7.93. The van der Waals surface area contributed by atoms with Crippen molar-refractivity contribution >= 4 is 9.84 Å². The number of hydrogen-bond acceptors (Lipinski definition) is 3. The molecule has 2 aliphatic carbocycles. The molecule has 0 spiro atoms. The Bertz CT molecular complexity index is 528. The Morgan fingerprint density at radius 1 is 1.16 bits per heavy atom. The largest absolute Gasteiger partial charge is 0.375 e. The number of ether oxygens (including phenoxy) is 1. The Labute approximate surface area is 114 Å². The van der Waals surface area contributed by atoms with Crippen molar-refractivity contribution < 1.29 is 13.2 Å². The van der Waals surface area contributed by atoms with E-state index in [4.69, 9.17) is 4.74 Å². The maximum Gasteiger partial charge on any atom is 0.161 e. The van der Waals surface area contributed by atoms with E-state index in [-0.39, 0.29) is 5.25 Å². The molecule has 0 saturated heterocycles. The molecule has 0 amide bonds. The van der Waals surface area contributed by atoms with Crippen molar-refractivity contribution in [2.24, 2.45) is 0 Å². The van der Waals surface area contributed by atoms with Gasteiger partial charge in [-0.2, -0.15) is 0 Å². The first-order valence-corrected chi connectivity index (χ1v) is 8.54. The third-order valence-corrected chi connectivity index (χ3v) is 7.46. The van der Waals surface area contributed by atoms with Crippen molar-refractivity contribution in [3.8, 4) is 0 Å². The smallest absolute Gasteiger partial charge is 0.161 e. The third kappa shape index (κ3) is 2.43. The molecule has 1 aromatic rings. The molecule has 0 unspecified atom stereocenters. The minimum atomic E-state index is -2.97. The molecule has 0 radical (unpaired) electrons. The van der Waals surface area contributed by atoms with Crippen LogP contribution in [0.1, 0.15) is 37.7 Å². The third-order valence-electron chi connectivity index (χ3n) is 4.38. The lowest BCUT2D eigenvalue weighted by molar-refractivity contribution is 0.116. The number of rotatable bonds is 6. The van der Waals surface area contributed by atoms with Crippen LogP contribution in [0.15, 0.2) is 30.3 Å². The topological polar surface area (TPSA) is 43.4 Å². The zero-order valence-corrected chi connectivity index (χ0v) is 11.9. The van der Waals surface area contributed by atoms with Gasteiger partial charge in [0.2, 0.25) is 0 Å². The SMILES string of the molecule is O=S(=O)(C1CCC1)C1(COCc2ccccc2)CC1. The van der Waals surface area contributed by atoms with Gasteiger partial charge in [0.15, 0.2) is 9.84 Å². The van der Waals surface area contributed by atoms with Crippen LogP contribution in [0.2, 0.25) is 0 Å².